The van der Waals surface area contributed by atoms with Crippen molar-refractivity contribution in [2.45, 2.75) is 53.2 Å². The number of aryl methyl sites for hydroxylation is 1. The van der Waals surface area contributed by atoms with Gasteiger partial charge in [-0.2, -0.15) is 0 Å². The van der Waals surface area contributed by atoms with Gasteiger partial charge in [-0.15, -0.1) is 0 Å². The van der Waals surface area contributed by atoms with E-state index in [0.717, 1.165) is 16.8 Å². The van der Waals surface area contributed by atoms with Crippen molar-refractivity contribution in [1.82, 2.24) is 14.5 Å². The monoisotopic (exact) mass is 415 g/mol. The van der Waals surface area contributed by atoms with Crippen molar-refractivity contribution in [2.75, 3.05) is 0 Å². The smallest absolute Gasteiger partial charge is 0.254 e. The van der Waals surface area contributed by atoms with Crippen molar-refractivity contribution < 1.29 is 4.74 Å². The average Bonchev–Trinajstić information content (AvgIpc) is 3.60. The first-order chi connectivity index (χ1) is 15.1. The Hall–Kier alpha value is -3.39. The van der Waals surface area contributed by atoms with Crippen LogP contribution in [0.25, 0.3) is 0 Å². The molecule has 0 unspecified atom stereocenters. The van der Waals surface area contributed by atoms with Crippen LogP contribution in [-0.2, 0) is 13.2 Å². The number of nitrogens with zero attached hydrogens (tertiary/aromatic N) is 3. The van der Waals surface area contributed by atoms with Crippen LogP contribution in [-0.4, -0.2) is 14.5 Å². The predicted octanol–water partition coefficient (Wildman–Crippen LogP) is 4.75. The molecule has 0 bridgehead atoms. The van der Waals surface area contributed by atoms with Crippen molar-refractivity contribution in [2.24, 2.45) is 5.92 Å². The van der Waals surface area contributed by atoms with Gasteiger partial charge in [-0.1, -0.05) is 44.2 Å². The first-order valence-corrected chi connectivity index (χ1v) is 10.8. The second-order valence-corrected chi connectivity index (χ2v) is 7.66. The largest absolute Gasteiger partial charge is 0.485 e. The molecule has 31 heavy (non-hydrogen) atoms. The van der Waals surface area contributed by atoms with Crippen LogP contribution < -0.4 is 10.3 Å². The molecule has 3 aromatic rings. The van der Waals surface area contributed by atoms with E-state index in [0.29, 0.717) is 24.0 Å². The summed E-state index contributed by atoms with van der Waals surface area (Å²) in [5.74, 6) is 8.17. The Morgan fingerprint density at radius 3 is 2.39 bits per heavy atom. The molecular weight excluding hydrogens is 386 g/mol. The number of hydrogen-bond acceptors (Lipinski definition) is 4. The lowest BCUT2D eigenvalue weighted by Gasteiger charge is -2.12. The topological polar surface area (TPSA) is 57.0 Å². The van der Waals surface area contributed by atoms with Gasteiger partial charge >= 0.3 is 0 Å². The lowest BCUT2D eigenvalue weighted by atomic mass is 10.1. The van der Waals surface area contributed by atoms with E-state index in [2.05, 4.69) is 35.7 Å². The molecule has 0 radical (unpaired) electrons. The molecule has 0 spiro atoms. The standard InChI is InChI=1S/C23H21N3O2.C3H8/c1-17-13-21(28-16-22-24-11-2-12-25-22)14-23(27)26(17)15-20-9-7-19(8-10-20)6-5-18-3-4-18;1-3-2/h2,7-14,18H,3-4,15-16H2,1H3;3H2,1-2H3. The molecule has 0 saturated heterocycles. The van der Waals surface area contributed by atoms with Crippen molar-refractivity contribution in [1.29, 1.82) is 0 Å². The van der Waals surface area contributed by atoms with E-state index in [4.69, 9.17) is 4.74 Å². The third kappa shape index (κ3) is 7.11. The average molecular weight is 416 g/mol. The third-order valence-electron chi connectivity index (χ3n) is 4.59. The van der Waals surface area contributed by atoms with Crippen LogP contribution >= 0.6 is 0 Å². The Labute approximate surface area is 184 Å². The maximum absolute atomic E-state index is 12.6. The van der Waals surface area contributed by atoms with Crippen molar-refractivity contribution in [3.8, 4) is 17.6 Å². The molecule has 0 N–H and O–H groups in total. The number of ether oxygens (including phenoxy) is 1. The van der Waals surface area contributed by atoms with Crippen LogP contribution in [0, 0.1) is 24.7 Å². The second kappa shape index (κ2) is 11.1. The maximum atomic E-state index is 12.6. The predicted molar refractivity (Wildman–Crippen MR) is 123 cm³/mol. The van der Waals surface area contributed by atoms with Crippen LogP contribution in [0.3, 0.4) is 0 Å². The maximum Gasteiger partial charge on any atom is 0.254 e. The Bertz CT molecular complexity index is 1090. The van der Waals surface area contributed by atoms with Gasteiger partial charge in [0.2, 0.25) is 0 Å². The molecule has 1 saturated carbocycles. The van der Waals surface area contributed by atoms with Crippen LogP contribution in [0.1, 0.15) is 55.8 Å². The number of pyridine rings is 1. The minimum atomic E-state index is -0.0958. The van der Waals surface area contributed by atoms with Crippen molar-refractivity contribution in [3.05, 3.63) is 87.9 Å². The van der Waals surface area contributed by atoms with E-state index in [1.54, 1.807) is 23.0 Å². The molecule has 0 aliphatic heterocycles. The molecular formula is C26H29N3O2. The minimum absolute atomic E-state index is 0.0958. The van der Waals surface area contributed by atoms with Crippen LogP contribution in [0.4, 0.5) is 0 Å². The fourth-order valence-electron chi connectivity index (χ4n) is 2.83. The lowest BCUT2D eigenvalue weighted by Crippen LogP contribution is -2.22. The summed E-state index contributed by atoms with van der Waals surface area (Å²) in [4.78, 5) is 20.8. The highest BCUT2D eigenvalue weighted by Gasteiger charge is 2.17. The normalized spacial score (nSPS) is 12.2. The molecule has 0 amide bonds. The summed E-state index contributed by atoms with van der Waals surface area (Å²) in [5, 5.41) is 0. The molecule has 5 nitrogen and oxygen atoms in total. The molecule has 2 heterocycles. The number of hydrogen-bond donors (Lipinski definition) is 0. The van der Waals surface area contributed by atoms with Gasteiger partial charge in [-0.3, -0.25) is 4.79 Å². The fraction of sp³-hybridized carbons (Fsp3) is 0.346. The Kier molecular flexibility index (Phi) is 8.00. The third-order valence-corrected chi connectivity index (χ3v) is 4.59. The molecule has 1 aromatic carbocycles. The summed E-state index contributed by atoms with van der Waals surface area (Å²) in [6.45, 7) is 6.90. The quantitative estimate of drug-likeness (QED) is 0.564. The first kappa shape index (κ1) is 22.3. The SMILES string of the molecule is CCC.Cc1cc(OCc2ncccn2)cc(=O)n1Cc1ccc(C#CC2CC2)cc1. The molecule has 0 atom stereocenters. The highest BCUT2D eigenvalue weighted by molar-refractivity contribution is 5.37. The van der Waals surface area contributed by atoms with Gasteiger partial charge in [0, 0.05) is 35.6 Å². The second-order valence-electron chi connectivity index (χ2n) is 7.66. The molecule has 1 aliphatic rings. The molecule has 1 fully saturated rings. The number of benzene rings is 1. The summed E-state index contributed by atoms with van der Waals surface area (Å²) in [6.07, 6.45) is 7.03. The van der Waals surface area contributed by atoms with Crippen LogP contribution in [0.15, 0.2) is 59.7 Å². The van der Waals surface area contributed by atoms with Gasteiger partial charge in [0.15, 0.2) is 5.82 Å². The summed E-state index contributed by atoms with van der Waals surface area (Å²) in [6, 6.07) is 13.2. The lowest BCUT2D eigenvalue weighted by molar-refractivity contribution is 0.294. The van der Waals surface area contributed by atoms with E-state index < -0.39 is 0 Å². The number of rotatable bonds is 5. The van der Waals surface area contributed by atoms with Gasteiger partial charge in [0.05, 0.1) is 6.54 Å². The first-order valence-electron chi connectivity index (χ1n) is 10.8. The Morgan fingerprint density at radius 2 is 1.77 bits per heavy atom. The minimum Gasteiger partial charge on any atom is -0.485 e. The zero-order chi connectivity index (χ0) is 22.1. The molecule has 4 rings (SSSR count). The van der Waals surface area contributed by atoms with E-state index in [-0.39, 0.29) is 12.2 Å². The zero-order valence-electron chi connectivity index (χ0n) is 18.5. The van der Waals surface area contributed by atoms with Gasteiger partial charge < -0.3 is 9.30 Å². The van der Waals surface area contributed by atoms with Crippen LogP contribution in [0.5, 0.6) is 5.75 Å². The van der Waals surface area contributed by atoms with Gasteiger partial charge in [0.1, 0.15) is 12.4 Å². The fourth-order valence-corrected chi connectivity index (χ4v) is 2.83. The summed E-state index contributed by atoms with van der Waals surface area (Å²) < 4.78 is 7.41. The molecule has 160 valence electrons. The summed E-state index contributed by atoms with van der Waals surface area (Å²) in [5.41, 5.74) is 2.83. The van der Waals surface area contributed by atoms with Crippen molar-refractivity contribution in [3.63, 3.8) is 0 Å². The Morgan fingerprint density at radius 1 is 1.10 bits per heavy atom. The van der Waals surface area contributed by atoms with E-state index in [1.165, 1.54) is 25.3 Å². The van der Waals surface area contributed by atoms with E-state index in [9.17, 15) is 4.79 Å². The van der Waals surface area contributed by atoms with E-state index >= 15 is 0 Å². The zero-order valence-corrected chi connectivity index (χ0v) is 18.5. The van der Waals surface area contributed by atoms with Gasteiger partial charge in [-0.25, -0.2) is 9.97 Å². The van der Waals surface area contributed by atoms with Gasteiger partial charge in [0.25, 0.3) is 5.56 Å². The van der Waals surface area contributed by atoms with Crippen LogP contribution in [0.2, 0.25) is 0 Å². The molecule has 5 heteroatoms. The van der Waals surface area contributed by atoms with Gasteiger partial charge in [-0.05, 0) is 49.6 Å². The highest BCUT2D eigenvalue weighted by atomic mass is 16.5. The highest BCUT2D eigenvalue weighted by Crippen LogP contribution is 2.27. The summed E-state index contributed by atoms with van der Waals surface area (Å²) in [7, 11) is 0. The summed E-state index contributed by atoms with van der Waals surface area (Å²) >= 11 is 0. The number of aromatic nitrogens is 3. The van der Waals surface area contributed by atoms with E-state index in [1.807, 2.05) is 37.3 Å². The molecule has 1 aliphatic carbocycles. The molecule has 2 aromatic heterocycles. The Balaban J connectivity index is 0.000000858. The van der Waals surface area contributed by atoms with Crippen molar-refractivity contribution >= 4 is 0 Å².